The van der Waals surface area contributed by atoms with Crippen molar-refractivity contribution in [2.45, 2.75) is 11.6 Å². The van der Waals surface area contributed by atoms with Crippen molar-refractivity contribution in [3.8, 4) is 0 Å². The standard InChI is InChI=1S/C5H5N3S/c1-2-8-5(9-3-1)4-6-7-8/h4H,2-3H2. The average molecular weight is 139 g/mol. The second kappa shape index (κ2) is 2.02. The zero-order valence-corrected chi connectivity index (χ0v) is 5.56. The van der Waals surface area contributed by atoms with Crippen LogP contribution in [0.25, 0.3) is 0 Å². The first kappa shape index (κ1) is 5.29. The Balaban J connectivity index is 2.39. The van der Waals surface area contributed by atoms with E-state index >= 15 is 0 Å². The fourth-order valence-corrected chi connectivity index (χ4v) is 1.46. The van der Waals surface area contributed by atoms with Gasteiger partial charge in [-0.2, -0.15) is 0 Å². The molecule has 0 saturated heterocycles. The van der Waals surface area contributed by atoms with E-state index in [1.807, 2.05) is 4.68 Å². The van der Waals surface area contributed by atoms with Gasteiger partial charge in [-0.25, -0.2) is 4.68 Å². The van der Waals surface area contributed by atoms with E-state index in [0.29, 0.717) is 0 Å². The summed E-state index contributed by atoms with van der Waals surface area (Å²) in [6.45, 7) is 0.794. The van der Waals surface area contributed by atoms with Gasteiger partial charge in [0.25, 0.3) is 0 Å². The fraction of sp³-hybridized carbons (Fsp3) is 0.400. The molecule has 9 heavy (non-hydrogen) atoms. The highest BCUT2D eigenvalue weighted by molar-refractivity contribution is 7.99. The summed E-state index contributed by atoms with van der Waals surface area (Å²) in [5.74, 6) is 0.966. The van der Waals surface area contributed by atoms with Crippen LogP contribution in [-0.2, 0) is 6.54 Å². The Morgan fingerprint density at radius 2 is 2.78 bits per heavy atom. The van der Waals surface area contributed by atoms with Crippen LogP contribution in [0.3, 0.4) is 0 Å². The maximum atomic E-state index is 3.84. The summed E-state index contributed by atoms with van der Waals surface area (Å²) in [5, 5.41) is 8.74. The van der Waals surface area contributed by atoms with Crippen LogP contribution in [0, 0.1) is 6.42 Å². The quantitative estimate of drug-likeness (QED) is 0.523. The SMILES string of the molecule is [C]1CSc2cnnn2C1. The first-order chi connectivity index (χ1) is 4.47. The van der Waals surface area contributed by atoms with E-state index in [9.17, 15) is 0 Å². The summed E-state index contributed by atoms with van der Waals surface area (Å²) in [4.78, 5) is 0. The van der Waals surface area contributed by atoms with Crippen molar-refractivity contribution in [2.75, 3.05) is 5.75 Å². The minimum Gasteiger partial charge on any atom is -0.238 e. The Bertz CT molecular complexity index is 187. The van der Waals surface area contributed by atoms with Crippen molar-refractivity contribution in [2.24, 2.45) is 0 Å². The molecule has 1 aliphatic rings. The molecule has 0 fully saturated rings. The molecule has 3 nitrogen and oxygen atoms in total. The summed E-state index contributed by atoms with van der Waals surface area (Å²) in [5.41, 5.74) is 0. The third-order valence-corrected chi connectivity index (χ3v) is 2.13. The van der Waals surface area contributed by atoms with Crippen molar-refractivity contribution in [3.05, 3.63) is 12.6 Å². The van der Waals surface area contributed by atoms with Crippen molar-refractivity contribution < 1.29 is 0 Å². The first-order valence-electron chi connectivity index (χ1n) is 2.69. The lowest BCUT2D eigenvalue weighted by atomic mass is 10.5. The monoisotopic (exact) mass is 139 g/mol. The lowest BCUT2D eigenvalue weighted by Crippen LogP contribution is -2.08. The highest BCUT2D eigenvalue weighted by atomic mass is 32.2. The molecule has 2 radical (unpaired) electrons. The van der Waals surface area contributed by atoms with E-state index in [0.717, 1.165) is 17.3 Å². The lowest BCUT2D eigenvalue weighted by molar-refractivity contribution is 0.587. The van der Waals surface area contributed by atoms with Gasteiger partial charge in [-0.3, -0.25) is 0 Å². The predicted molar refractivity (Wildman–Crippen MR) is 34.0 cm³/mol. The highest BCUT2D eigenvalue weighted by Gasteiger charge is 2.08. The average Bonchev–Trinajstić information content (AvgIpc) is 2.33. The molecule has 0 atom stereocenters. The van der Waals surface area contributed by atoms with Gasteiger partial charge in [-0.15, -0.1) is 16.9 Å². The van der Waals surface area contributed by atoms with Crippen molar-refractivity contribution in [3.63, 3.8) is 0 Å². The number of hydrogen-bond donors (Lipinski definition) is 0. The third-order valence-electron chi connectivity index (χ3n) is 1.17. The Kier molecular flexibility index (Phi) is 1.19. The van der Waals surface area contributed by atoms with Crippen LogP contribution in [0.4, 0.5) is 0 Å². The minimum absolute atomic E-state index is 0.794. The summed E-state index contributed by atoms with van der Waals surface area (Å²) in [7, 11) is 0. The molecule has 0 amide bonds. The van der Waals surface area contributed by atoms with Gasteiger partial charge >= 0.3 is 0 Å². The summed E-state index contributed by atoms with van der Waals surface area (Å²) in [6.07, 6.45) is 4.93. The number of thioether (sulfide) groups is 1. The molecule has 0 N–H and O–H groups in total. The van der Waals surface area contributed by atoms with Gasteiger partial charge in [0.15, 0.2) is 0 Å². The maximum absolute atomic E-state index is 3.84. The first-order valence-corrected chi connectivity index (χ1v) is 3.67. The van der Waals surface area contributed by atoms with E-state index in [4.69, 9.17) is 0 Å². The van der Waals surface area contributed by atoms with Gasteiger partial charge in [-0.1, -0.05) is 5.21 Å². The van der Waals surface area contributed by atoms with Crippen LogP contribution in [0.15, 0.2) is 11.2 Å². The third kappa shape index (κ3) is 0.830. The molecule has 0 unspecified atom stereocenters. The molecule has 2 rings (SSSR count). The normalized spacial score (nSPS) is 17.3. The minimum atomic E-state index is 0.794. The predicted octanol–water partition coefficient (Wildman–Crippen LogP) is 0.465. The number of hydrogen-bond acceptors (Lipinski definition) is 3. The smallest absolute Gasteiger partial charge is 0.114 e. The van der Waals surface area contributed by atoms with Crippen LogP contribution in [0.2, 0.25) is 0 Å². The molecule has 46 valence electrons. The second-order valence-corrected chi connectivity index (χ2v) is 2.76. The van der Waals surface area contributed by atoms with Gasteiger partial charge < -0.3 is 0 Å². The zero-order valence-electron chi connectivity index (χ0n) is 4.74. The molecule has 0 bridgehead atoms. The Morgan fingerprint density at radius 1 is 1.78 bits per heavy atom. The molecule has 2 heterocycles. The van der Waals surface area contributed by atoms with Gasteiger partial charge in [0.05, 0.1) is 12.7 Å². The molecule has 1 aliphatic heterocycles. The number of rotatable bonds is 0. The lowest BCUT2D eigenvalue weighted by Gasteiger charge is -2.08. The fourth-order valence-electron chi connectivity index (χ4n) is 0.746. The Morgan fingerprint density at radius 3 is 3.67 bits per heavy atom. The Labute approximate surface area is 57.4 Å². The number of fused-ring (bicyclic) bond motifs is 1. The van der Waals surface area contributed by atoms with Gasteiger partial charge in [0.1, 0.15) is 5.03 Å². The van der Waals surface area contributed by atoms with Gasteiger partial charge in [0.2, 0.25) is 0 Å². The molecular weight excluding hydrogens is 134 g/mol. The summed E-state index contributed by atoms with van der Waals surface area (Å²) in [6, 6.07) is 0. The van der Waals surface area contributed by atoms with E-state index in [2.05, 4.69) is 16.7 Å². The molecule has 1 aromatic rings. The van der Waals surface area contributed by atoms with E-state index in [1.54, 1.807) is 18.0 Å². The van der Waals surface area contributed by atoms with Crippen molar-refractivity contribution in [1.82, 2.24) is 15.0 Å². The van der Waals surface area contributed by atoms with Crippen LogP contribution in [-0.4, -0.2) is 20.7 Å². The second-order valence-electron chi connectivity index (χ2n) is 1.77. The zero-order chi connectivity index (χ0) is 6.10. The number of nitrogens with zero attached hydrogens (tertiary/aromatic N) is 3. The van der Waals surface area contributed by atoms with Crippen LogP contribution >= 0.6 is 11.8 Å². The van der Waals surface area contributed by atoms with Crippen LogP contribution in [0.1, 0.15) is 0 Å². The van der Waals surface area contributed by atoms with Crippen molar-refractivity contribution in [1.29, 1.82) is 0 Å². The van der Waals surface area contributed by atoms with E-state index < -0.39 is 0 Å². The highest BCUT2D eigenvalue weighted by Crippen LogP contribution is 2.21. The van der Waals surface area contributed by atoms with E-state index in [-0.39, 0.29) is 0 Å². The molecule has 1 aromatic heterocycles. The molecule has 4 heteroatoms. The summed E-state index contributed by atoms with van der Waals surface area (Å²) >= 11 is 1.72. The van der Waals surface area contributed by atoms with Gasteiger partial charge in [0, 0.05) is 12.2 Å². The largest absolute Gasteiger partial charge is 0.238 e. The van der Waals surface area contributed by atoms with Crippen LogP contribution in [0.5, 0.6) is 0 Å². The molecule has 0 saturated carbocycles. The Hall–Kier alpha value is -0.510. The topological polar surface area (TPSA) is 30.7 Å². The molecule has 0 aromatic carbocycles. The van der Waals surface area contributed by atoms with Gasteiger partial charge in [-0.05, 0) is 0 Å². The molecule has 0 spiro atoms. The number of aromatic nitrogens is 3. The molecule has 0 aliphatic carbocycles. The molecular formula is C5H5N3S. The van der Waals surface area contributed by atoms with Crippen LogP contribution < -0.4 is 0 Å². The van der Waals surface area contributed by atoms with E-state index in [1.165, 1.54) is 0 Å². The summed E-state index contributed by atoms with van der Waals surface area (Å²) < 4.78 is 1.84. The maximum Gasteiger partial charge on any atom is 0.114 e. The van der Waals surface area contributed by atoms with Crippen molar-refractivity contribution >= 4 is 11.8 Å².